The second kappa shape index (κ2) is 17.9. The largest absolute Gasteiger partial charge is 0.466 e. The van der Waals surface area contributed by atoms with Gasteiger partial charge >= 0.3 is 5.97 Å². The van der Waals surface area contributed by atoms with Gasteiger partial charge in [0.05, 0.1) is 29.4 Å². The number of fused-ring (bicyclic) bond motifs is 2. The molecule has 2 amide bonds. The van der Waals surface area contributed by atoms with Gasteiger partial charge in [-0.25, -0.2) is 9.97 Å². The predicted molar refractivity (Wildman–Crippen MR) is 228 cm³/mol. The van der Waals surface area contributed by atoms with Crippen molar-refractivity contribution in [2.24, 2.45) is 5.92 Å². The molecule has 4 aromatic heterocycles. The first-order valence-electron chi connectivity index (χ1n) is 20.0. The minimum Gasteiger partial charge on any atom is -0.466 e. The Morgan fingerprint density at radius 1 is 0.931 bits per heavy atom. The summed E-state index contributed by atoms with van der Waals surface area (Å²) in [5.41, 5.74) is 7.11. The van der Waals surface area contributed by atoms with Gasteiger partial charge in [0.25, 0.3) is 11.8 Å². The maximum absolute atomic E-state index is 14.2. The van der Waals surface area contributed by atoms with E-state index in [4.69, 9.17) is 14.8 Å². The van der Waals surface area contributed by atoms with Crippen LogP contribution in [0.5, 0.6) is 0 Å². The number of thiazole rings is 1. The summed E-state index contributed by atoms with van der Waals surface area (Å²) in [6.45, 7) is 6.18. The molecule has 0 saturated heterocycles. The Morgan fingerprint density at radius 3 is 2.60 bits per heavy atom. The maximum Gasteiger partial charge on any atom is 0.306 e. The van der Waals surface area contributed by atoms with E-state index in [1.54, 1.807) is 13.1 Å². The molecule has 1 aliphatic heterocycles. The van der Waals surface area contributed by atoms with Gasteiger partial charge < -0.3 is 9.64 Å². The van der Waals surface area contributed by atoms with E-state index < -0.39 is 0 Å². The molecule has 0 atom stereocenters. The molecule has 8 rings (SSSR count). The lowest BCUT2D eigenvalue weighted by Crippen LogP contribution is -2.33. The van der Waals surface area contributed by atoms with Crippen LogP contribution in [-0.2, 0) is 35.5 Å². The molecule has 2 N–H and O–H groups in total. The van der Waals surface area contributed by atoms with E-state index in [9.17, 15) is 14.4 Å². The van der Waals surface area contributed by atoms with E-state index in [0.29, 0.717) is 60.5 Å². The third-order valence-electron chi connectivity index (χ3n) is 11.0. The summed E-state index contributed by atoms with van der Waals surface area (Å²) in [6.07, 6.45) is 11.2. The molecule has 0 radical (unpaired) electrons. The number of amides is 2. The number of aromatic nitrogens is 5. The number of pyridine rings is 2. The third-order valence-corrected chi connectivity index (χ3v) is 12.7. The average Bonchev–Trinajstić information content (AvgIpc) is 3.83. The molecule has 0 bridgehead atoms. The van der Waals surface area contributed by atoms with Crippen LogP contribution in [0.15, 0.2) is 84.0 Å². The topological polar surface area (TPSA) is 144 Å². The lowest BCUT2D eigenvalue weighted by atomic mass is 9.89. The van der Waals surface area contributed by atoms with Crippen molar-refractivity contribution >= 4 is 62.2 Å². The normalized spacial score (nSPS) is 14.3. The highest BCUT2D eigenvalue weighted by Crippen LogP contribution is 2.34. The Bertz CT molecular complexity index is 2410. The van der Waals surface area contributed by atoms with Crippen molar-refractivity contribution in [3.05, 3.63) is 113 Å². The summed E-state index contributed by atoms with van der Waals surface area (Å²) >= 11 is 2.61. The lowest BCUT2D eigenvalue weighted by Gasteiger charge is -2.31. The Hall–Kier alpha value is -5.60. The van der Waals surface area contributed by atoms with E-state index in [0.717, 1.165) is 61.7 Å². The van der Waals surface area contributed by atoms with Gasteiger partial charge in [0, 0.05) is 65.2 Å². The molecule has 0 unspecified atom stereocenters. The number of carbonyl (C=O) groups is 3. The quantitative estimate of drug-likeness (QED) is 0.0860. The summed E-state index contributed by atoms with van der Waals surface area (Å²) in [5, 5.41) is 8.38. The van der Waals surface area contributed by atoms with Crippen LogP contribution in [0.4, 0.5) is 10.9 Å². The molecule has 298 valence electrons. The molecule has 2 aliphatic rings. The van der Waals surface area contributed by atoms with Gasteiger partial charge in [-0.15, -0.1) is 0 Å². The van der Waals surface area contributed by atoms with Crippen molar-refractivity contribution in [3.63, 3.8) is 0 Å². The van der Waals surface area contributed by atoms with Crippen molar-refractivity contribution < 1.29 is 19.1 Å². The van der Waals surface area contributed by atoms with Crippen molar-refractivity contribution in [2.45, 2.75) is 83.2 Å². The molecule has 1 aliphatic carbocycles. The van der Waals surface area contributed by atoms with Gasteiger partial charge in [-0.05, 0) is 105 Å². The SMILES string of the molecule is CCOC(=O)CCc1ccc(SNC(=O)c2nc(N3CCc4cccc(C(=O)Nc5nc6ccccc6s5)c4C3)ccc2-c2cnn(CC3CCCCC3)c2C)cn1. The Kier molecular flexibility index (Phi) is 12.1. The molecule has 58 heavy (non-hydrogen) atoms. The number of carbonyl (C=O) groups excluding carboxylic acids is 3. The standard InChI is InChI=1S/C44H46N8O4S2/c1-3-56-40(53)21-17-31-16-18-32(24-45-31)58-50-43(55)41-33(35-25-46-52(28(35)2)26-29-10-5-4-6-11-29)19-20-39(48-41)51-23-22-30-12-9-13-34(36(30)27-51)42(54)49-44-47-37-14-7-8-15-38(37)57-44/h7-9,12-16,18-20,24-25,29H,3-6,10-11,17,21-23,26-27H2,1-2H3,(H,50,55)(H,47,49,54). The number of aryl methyl sites for hydroxylation is 1. The summed E-state index contributed by atoms with van der Waals surface area (Å²) < 4.78 is 11.1. The summed E-state index contributed by atoms with van der Waals surface area (Å²) in [5.74, 6) is 0.433. The van der Waals surface area contributed by atoms with Crippen LogP contribution < -0.4 is 14.9 Å². The molecule has 12 nitrogen and oxygen atoms in total. The van der Waals surface area contributed by atoms with Crippen LogP contribution in [0, 0.1) is 12.8 Å². The van der Waals surface area contributed by atoms with Gasteiger partial charge in [-0.1, -0.05) is 54.9 Å². The first kappa shape index (κ1) is 39.2. The van der Waals surface area contributed by atoms with Crippen LogP contribution in [0.3, 0.4) is 0 Å². The molecule has 0 spiro atoms. The second-order valence-corrected chi connectivity index (χ2v) is 16.7. The molecule has 1 saturated carbocycles. The fourth-order valence-electron chi connectivity index (χ4n) is 7.84. The van der Waals surface area contributed by atoms with Crippen LogP contribution >= 0.6 is 23.3 Å². The van der Waals surface area contributed by atoms with E-state index >= 15 is 0 Å². The van der Waals surface area contributed by atoms with E-state index in [-0.39, 0.29) is 29.9 Å². The number of hydrogen-bond donors (Lipinski definition) is 2. The Labute approximate surface area is 346 Å². The van der Waals surface area contributed by atoms with Crippen LogP contribution in [0.25, 0.3) is 21.3 Å². The molecule has 5 heterocycles. The van der Waals surface area contributed by atoms with Gasteiger partial charge in [0.2, 0.25) is 0 Å². The highest BCUT2D eigenvalue weighted by atomic mass is 32.2. The zero-order chi connectivity index (χ0) is 40.0. The van der Waals surface area contributed by atoms with Crippen LogP contribution in [-0.4, -0.2) is 55.7 Å². The van der Waals surface area contributed by atoms with Gasteiger partial charge in [-0.2, -0.15) is 5.10 Å². The predicted octanol–water partition coefficient (Wildman–Crippen LogP) is 8.59. The number of nitrogens with one attached hydrogen (secondary N) is 2. The fraction of sp³-hybridized carbons (Fsp3) is 0.341. The maximum atomic E-state index is 14.2. The highest BCUT2D eigenvalue weighted by Gasteiger charge is 2.27. The van der Waals surface area contributed by atoms with Crippen molar-refractivity contribution in [3.8, 4) is 11.1 Å². The third kappa shape index (κ3) is 8.92. The minimum atomic E-state index is -0.346. The van der Waals surface area contributed by atoms with Gasteiger partial charge in [0.1, 0.15) is 11.5 Å². The van der Waals surface area contributed by atoms with Crippen LogP contribution in [0.1, 0.15) is 88.8 Å². The molecule has 2 aromatic carbocycles. The molecule has 1 fully saturated rings. The number of ether oxygens (including phenoxy) is 1. The molecule has 14 heteroatoms. The smallest absolute Gasteiger partial charge is 0.306 e. The summed E-state index contributed by atoms with van der Waals surface area (Å²) in [4.78, 5) is 56.8. The van der Waals surface area contributed by atoms with Crippen molar-refractivity contribution in [1.29, 1.82) is 0 Å². The average molecular weight is 815 g/mol. The molecular weight excluding hydrogens is 769 g/mol. The minimum absolute atomic E-state index is 0.208. The number of nitrogens with zero attached hydrogens (tertiary/aromatic N) is 6. The number of anilines is 2. The zero-order valence-electron chi connectivity index (χ0n) is 32.7. The first-order valence-corrected chi connectivity index (χ1v) is 21.6. The Balaban J connectivity index is 1.04. The number of para-hydroxylation sites is 1. The Morgan fingerprint density at radius 2 is 1.79 bits per heavy atom. The van der Waals surface area contributed by atoms with E-state index in [1.807, 2.05) is 66.9 Å². The summed E-state index contributed by atoms with van der Waals surface area (Å²) in [6, 6.07) is 21.3. The number of esters is 1. The number of hydrogen-bond acceptors (Lipinski definition) is 11. The number of rotatable bonds is 13. The highest BCUT2D eigenvalue weighted by molar-refractivity contribution is 7.98. The van der Waals surface area contributed by atoms with Crippen molar-refractivity contribution in [2.75, 3.05) is 23.4 Å². The summed E-state index contributed by atoms with van der Waals surface area (Å²) in [7, 11) is 0. The second-order valence-electron chi connectivity index (χ2n) is 14.8. The lowest BCUT2D eigenvalue weighted by molar-refractivity contribution is -0.143. The van der Waals surface area contributed by atoms with E-state index in [1.165, 1.54) is 43.4 Å². The monoisotopic (exact) mass is 814 g/mol. The fourth-order valence-corrected chi connectivity index (χ4v) is 9.25. The molecule has 6 aromatic rings. The number of benzene rings is 2. The van der Waals surface area contributed by atoms with Crippen LogP contribution in [0.2, 0.25) is 0 Å². The van der Waals surface area contributed by atoms with E-state index in [2.05, 4.69) is 42.6 Å². The van der Waals surface area contributed by atoms with Crippen molar-refractivity contribution in [1.82, 2.24) is 29.5 Å². The van der Waals surface area contributed by atoms with Gasteiger partial charge in [-0.3, -0.25) is 34.1 Å². The van der Waals surface area contributed by atoms with Gasteiger partial charge in [0.15, 0.2) is 5.13 Å². The first-order chi connectivity index (χ1) is 28.3. The molecular formula is C44H46N8O4S2. The zero-order valence-corrected chi connectivity index (χ0v) is 34.3.